The van der Waals surface area contributed by atoms with Crippen LogP contribution in [0, 0.1) is 12.3 Å². The molecule has 1 aromatic carbocycles. The molecule has 0 aliphatic rings. The molecule has 90 valence electrons. The molecule has 1 amide bonds. The quantitative estimate of drug-likeness (QED) is 0.494. The van der Waals surface area contributed by atoms with Gasteiger partial charge in [0, 0.05) is 23.1 Å². The van der Waals surface area contributed by atoms with E-state index in [9.17, 15) is 9.18 Å². The Labute approximate surface area is 110 Å². The molecule has 0 saturated heterocycles. The maximum absolute atomic E-state index is 12.8. The molecule has 17 heavy (non-hydrogen) atoms. The number of thiol groups is 1. The lowest BCUT2D eigenvalue weighted by Crippen LogP contribution is -2.19. The Morgan fingerprint density at radius 3 is 2.76 bits per heavy atom. The number of anilines is 1. The van der Waals surface area contributed by atoms with Crippen molar-refractivity contribution in [3.63, 3.8) is 0 Å². The van der Waals surface area contributed by atoms with Gasteiger partial charge in [-0.25, -0.2) is 4.39 Å². The van der Waals surface area contributed by atoms with E-state index in [0.717, 1.165) is 0 Å². The number of nitrogens with one attached hydrogen (secondary N) is 1. The summed E-state index contributed by atoms with van der Waals surface area (Å²) < 4.78 is 12.8. The van der Waals surface area contributed by atoms with Crippen LogP contribution in [-0.2, 0) is 9.67 Å². The van der Waals surface area contributed by atoms with Gasteiger partial charge in [0.1, 0.15) is 6.67 Å². The van der Waals surface area contributed by atoms with E-state index >= 15 is 0 Å². The zero-order valence-corrected chi connectivity index (χ0v) is 10.8. The van der Waals surface area contributed by atoms with Crippen LogP contribution in [0.3, 0.4) is 0 Å². The molecule has 0 bridgehead atoms. The zero-order valence-electron chi connectivity index (χ0n) is 9.13. The molecule has 0 saturated carbocycles. The number of carbonyl (C=O) groups excluding carboxylic acids is 1. The Kier molecular flexibility index (Phi) is 4.44. The van der Waals surface area contributed by atoms with Crippen molar-refractivity contribution in [1.29, 1.82) is 0 Å². The van der Waals surface area contributed by atoms with Crippen LogP contribution in [-0.4, -0.2) is 12.6 Å². The van der Waals surface area contributed by atoms with Crippen molar-refractivity contribution in [2.45, 2.75) is 16.7 Å². The number of rotatable bonds is 3. The minimum Gasteiger partial charge on any atom is -0.326 e. The van der Waals surface area contributed by atoms with E-state index in [4.69, 9.17) is 18.0 Å². The van der Waals surface area contributed by atoms with Gasteiger partial charge in [-0.1, -0.05) is 23.6 Å². The summed E-state index contributed by atoms with van der Waals surface area (Å²) in [5.74, 6) is 2.00. The van der Waals surface area contributed by atoms with Gasteiger partial charge in [-0.15, -0.1) is 19.1 Å². The molecular formula is C12H11ClFNOS. The average molecular weight is 272 g/mol. The molecule has 1 aromatic rings. The number of halogens is 2. The van der Waals surface area contributed by atoms with Crippen molar-refractivity contribution in [2.24, 2.45) is 0 Å². The maximum Gasteiger partial charge on any atom is 0.221 e. The SMILES string of the molecule is C#CC(Cl)(CF)c1ccc(NC(C)=O)cc1S. The fraction of sp³-hybridized carbons (Fsp3) is 0.250. The molecule has 0 fully saturated rings. The molecule has 1 atom stereocenters. The fourth-order valence-electron chi connectivity index (χ4n) is 1.34. The van der Waals surface area contributed by atoms with E-state index in [2.05, 4.69) is 23.9 Å². The van der Waals surface area contributed by atoms with Crippen LogP contribution >= 0.6 is 24.2 Å². The first-order chi connectivity index (χ1) is 7.92. The molecule has 0 spiro atoms. The second-order valence-corrected chi connectivity index (χ2v) is 4.62. The summed E-state index contributed by atoms with van der Waals surface area (Å²) >= 11 is 10.1. The first-order valence-electron chi connectivity index (χ1n) is 4.76. The van der Waals surface area contributed by atoms with E-state index in [-0.39, 0.29) is 5.91 Å². The summed E-state index contributed by atoms with van der Waals surface area (Å²) in [6.07, 6.45) is 5.21. The van der Waals surface area contributed by atoms with Crippen molar-refractivity contribution in [3.8, 4) is 12.3 Å². The molecule has 1 N–H and O–H groups in total. The lowest BCUT2D eigenvalue weighted by Gasteiger charge is -2.19. The summed E-state index contributed by atoms with van der Waals surface area (Å²) in [7, 11) is 0. The zero-order chi connectivity index (χ0) is 13.1. The van der Waals surface area contributed by atoms with Gasteiger partial charge in [-0.05, 0) is 12.1 Å². The smallest absolute Gasteiger partial charge is 0.221 e. The fourth-order valence-corrected chi connectivity index (χ4v) is 1.97. The Morgan fingerprint density at radius 1 is 1.71 bits per heavy atom. The average Bonchev–Trinajstić information content (AvgIpc) is 2.27. The molecule has 0 aliphatic carbocycles. The van der Waals surface area contributed by atoms with E-state index in [1.807, 2.05) is 0 Å². The first-order valence-corrected chi connectivity index (χ1v) is 5.59. The summed E-state index contributed by atoms with van der Waals surface area (Å²) in [6.45, 7) is 0.499. The van der Waals surface area contributed by atoms with Crippen molar-refractivity contribution in [3.05, 3.63) is 23.8 Å². The third-order valence-corrected chi connectivity index (χ3v) is 2.94. The number of hydrogen-bond donors (Lipinski definition) is 2. The Bertz CT molecular complexity index is 486. The summed E-state index contributed by atoms with van der Waals surface area (Å²) in [5, 5.41) is 2.58. The second-order valence-electron chi connectivity index (χ2n) is 3.49. The highest BCUT2D eigenvalue weighted by molar-refractivity contribution is 7.80. The van der Waals surface area contributed by atoms with Crippen LogP contribution in [0.15, 0.2) is 23.1 Å². The van der Waals surface area contributed by atoms with Gasteiger partial charge >= 0.3 is 0 Å². The number of carbonyl (C=O) groups is 1. The number of terminal acetylenes is 1. The third-order valence-electron chi connectivity index (χ3n) is 2.16. The van der Waals surface area contributed by atoms with E-state index in [0.29, 0.717) is 16.1 Å². The van der Waals surface area contributed by atoms with Crippen LogP contribution in [0.5, 0.6) is 0 Å². The van der Waals surface area contributed by atoms with E-state index in [1.165, 1.54) is 6.92 Å². The van der Waals surface area contributed by atoms with Gasteiger partial charge in [0.15, 0.2) is 4.87 Å². The van der Waals surface area contributed by atoms with Gasteiger partial charge in [0.05, 0.1) is 0 Å². The Morgan fingerprint density at radius 2 is 2.35 bits per heavy atom. The molecule has 0 aromatic heterocycles. The first kappa shape index (κ1) is 13.9. The van der Waals surface area contributed by atoms with Crippen molar-refractivity contribution in [2.75, 3.05) is 12.0 Å². The van der Waals surface area contributed by atoms with Crippen molar-refractivity contribution in [1.82, 2.24) is 0 Å². The molecular weight excluding hydrogens is 261 g/mol. The summed E-state index contributed by atoms with van der Waals surface area (Å²) in [6, 6.07) is 4.73. The predicted molar refractivity (Wildman–Crippen MR) is 70.3 cm³/mol. The van der Waals surface area contributed by atoms with E-state index in [1.54, 1.807) is 18.2 Å². The largest absolute Gasteiger partial charge is 0.326 e. The van der Waals surface area contributed by atoms with Crippen LogP contribution < -0.4 is 5.32 Å². The topological polar surface area (TPSA) is 29.1 Å². The minimum absolute atomic E-state index is 0.204. The van der Waals surface area contributed by atoms with E-state index < -0.39 is 11.5 Å². The van der Waals surface area contributed by atoms with Crippen LogP contribution in [0.4, 0.5) is 10.1 Å². The van der Waals surface area contributed by atoms with Gasteiger partial charge in [-0.2, -0.15) is 0 Å². The van der Waals surface area contributed by atoms with Crippen molar-refractivity contribution >= 4 is 35.8 Å². The predicted octanol–water partition coefficient (Wildman–Crippen LogP) is 2.97. The van der Waals surface area contributed by atoms with Gasteiger partial charge in [0.2, 0.25) is 5.91 Å². The van der Waals surface area contributed by atoms with Gasteiger partial charge in [-0.3, -0.25) is 4.79 Å². The molecule has 1 unspecified atom stereocenters. The van der Waals surface area contributed by atoms with Gasteiger partial charge < -0.3 is 5.32 Å². The molecule has 0 aliphatic heterocycles. The Hall–Kier alpha value is -1.18. The minimum atomic E-state index is -1.51. The highest BCUT2D eigenvalue weighted by atomic mass is 35.5. The molecule has 0 radical (unpaired) electrons. The van der Waals surface area contributed by atoms with Crippen LogP contribution in [0.25, 0.3) is 0 Å². The number of hydrogen-bond acceptors (Lipinski definition) is 2. The molecule has 1 rings (SSSR count). The Balaban J connectivity index is 3.14. The lowest BCUT2D eigenvalue weighted by atomic mass is 10.00. The lowest BCUT2D eigenvalue weighted by molar-refractivity contribution is -0.114. The summed E-state index contributed by atoms with van der Waals surface area (Å²) in [4.78, 5) is 9.79. The van der Waals surface area contributed by atoms with Crippen LogP contribution in [0.2, 0.25) is 0 Å². The normalized spacial score (nSPS) is 13.6. The van der Waals surface area contributed by atoms with Gasteiger partial charge in [0.25, 0.3) is 0 Å². The van der Waals surface area contributed by atoms with Crippen LogP contribution in [0.1, 0.15) is 12.5 Å². The monoisotopic (exact) mass is 271 g/mol. The molecule has 5 heteroatoms. The number of amides is 1. The highest BCUT2D eigenvalue weighted by Gasteiger charge is 2.29. The molecule has 0 heterocycles. The highest BCUT2D eigenvalue weighted by Crippen LogP contribution is 2.34. The van der Waals surface area contributed by atoms with Crippen molar-refractivity contribution < 1.29 is 9.18 Å². The third kappa shape index (κ3) is 3.15. The molecule has 2 nitrogen and oxygen atoms in total. The summed E-state index contributed by atoms with van der Waals surface area (Å²) in [5.41, 5.74) is 0.961. The number of benzene rings is 1. The second kappa shape index (κ2) is 5.44. The number of alkyl halides is 2. The maximum atomic E-state index is 12.8. The standard InChI is InChI=1S/C12H11ClFNOS/c1-3-12(13,7-14)10-5-4-9(6-11(10)17)15-8(2)16/h1,4-6,17H,7H2,2H3,(H,15,16).